The molecule has 0 aliphatic heterocycles. The summed E-state index contributed by atoms with van der Waals surface area (Å²) in [5, 5.41) is 22.1. The average molecular weight is 378 g/mol. The number of carbonyl (C=O) groups is 1. The lowest BCUT2D eigenvalue weighted by Gasteiger charge is -2.26. The molecule has 0 bridgehead atoms. The van der Waals surface area contributed by atoms with Gasteiger partial charge in [0.05, 0.1) is 23.7 Å². The minimum Gasteiger partial charge on any atom is -0.460 e. The number of hydrogen-bond donors (Lipinski definition) is 2. The van der Waals surface area contributed by atoms with Gasteiger partial charge in [-0.25, -0.2) is 0 Å². The van der Waals surface area contributed by atoms with Crippen molar-refractivity contribution in [1.82, 2.24) is 5.32 Å². The molecule has 1 saturated carbocycles. The van der Waals surface area contributed by atoms with Crippen LogP contribution >= 0.6 is 0 Å². The lowest BCUT2D eigenvalue weighted by atomic mass is 9.90. The number of carbonyl (C=O) groups excluding carboxylic acids is 1. The highest BCUT2D eigenvalue weighted by Gasteiger charge is 2.28. The van der Waals surface area contributed by atoms with Crippen LogP contribution in [0.2, 0.25) is 0 Å². The van der Waals surface area contributed by atoms with Gasteiger partial charge in [0.15, 0.2) is 0 Å². The second-order valence-corrected chi connectivity index (χ2v) is 7.47. The molecule has 1 heterocycles. The topological polar surface area (TPSA) is 86.3 Å². The first kappa shape index (κ1) is 19.9. The molecule has 1 aromatic heterocycles. The molecule has 0 spiro atoms. The van der Waals surface area contributed by atoms with Gasteiger partial charge in [-0.05, 0) is 49.8 Å². The average Bonchev–Trinajstić information content (AvgIpc) is 3.14. The Kier molecular flexibility index (Phi) is 6.33. The first-order valence-electron chi connectivity index (χ1n) is 9.70. The van der Waals surface area contributed by atoms with Gasteiger partial charge in [0.2, 0.25) is 0 Å². The smallest absolute Gasteiger partial charge is 0.255 e. The van der Waals surface area contributed by atoms with Gasteiger partial charge in [0, 0.05) is 12.5 Å². The molecule has 5 nitrogen and oxygen atoms in total. The number of aliphatic hydroxyl groups excluding tert-OH is 1. The molecule has 1 aliphatic carbocycles. The molecule has 0 radical (unpaired) electrons. The fourth-order valence-corrected chi connectivity index (χ4v) is 3.67. The highest BCUT2D eigenvalue weighted by atomic mass is 16.3. The number of aliphatic hydroxyl groups is 1. The number of allylic oxidation sites excluding steroid dienone is 1. The standard InChI is InChI=1S/C23H26N2O3/c1-15(2)21-14-20(23(27)25-17-8-10-18(26)11-9-17)22(28-21)19(12-13-24)16-6-4-3-5-7-16/h3-7,14,17-19,26H,1,8-12H2,2H3,(H,25,27). The van der Waals surface area contributed by atoms with E-state index in [0.29, 0.717) is 29.9 Å². The van der Waals surface area contributed by atoms with Crippen LogP contribution in [0.25, 0.3) is 5.57 Å². The van der Waals surface area contributed by atoms with Gasteiger partial charge in [-0.2, -0.15) is 5.26 Å². The fourth-order valence-electron chi connectivity index (χ4n) is 3.67. The van der Waals surface area contributed by atoms with Crippen LogP contribution in [-0.4, -0.2) is 23.2 Å². The van der Waals surface area contributed by atoms with E-state index in [1.807, 2.05) is 37.3 Å². The quantitative estimate of drug-likeness (QED) is 0.780. The van der Waals surface area contributed by atoms with E-state index in [-0.39, 0.29) is 30.4 Å². The zero-order valence-corrected chi connectivity index (χ0v) is 16.1. The minimum absolute atomic E-state index is 0.0399. The maximum Gasteiger partial charge on any atom is 0.255 e. The first-order valence-corrected chi connectivity index (χ1v) is 9.70. The van der Waals surface area contributed by atoms with Crippen LogP contribution in [0.4, 0.5) is 0 Å². The third-order valence-electron chi connectivity index (χ3n) is 5.27. The van der Waals surface area contributed by atoms with Crippen molar-refractivity contribution in [3.63, 3.8) is 0 Å². The molecule has 2 aromatic rings. The van der Waals surface area contributed by atoms with Crippen molar-refractivity contribution < 1.29 is 14.3 Å². The Hall–Kier alpha value is -2.84. The molecule has 5 heteroatoms. The zero-order chi connectivity index (χ0) is 20.1. The molecule has 1 aromatic carbocycles. The molecule has 2 N–H and O–H groups in total. The Bertz CT molecular complexity index is 871. The van der Waals surface area contributed by atoms with Crippen LogP contribution in [-0.2, 0) is 0 Å². The Balaban J connectivity index is 1.93. The van der Waals surface area contributed by atoms with Crippen LogP contribution in [0.1, 0.15) is 72.4 Å². The molecular weight excluding hydrogens is 352 g/mol. The predicted molar refractivity (Wildman–Crippen MR) is 108 cm³/mol. The number of furan rings is 1. The number of nitrogens with one attached hydrogen (secondary N) is 1. The summed E-state index contributed by atoms with van der Waals surface area (Å²) in [6.07, 6.45) is 2.85. The lowest BCUT2D eigenvalue weighted by molar-refractivity contribution is 0.0865. The molecule has 1 aliphatic rings. The van der Waals surface area contributed by atoms with E-state index < -0.39 is 0 Å². The first-order chi connectivity index (χ1) is 13.5. The van der Waals surface area contributed by atoms with Crippen LogP contribution in [0.15, 0.2) is 47.4 Å². The van der Waals surface area contributed by atoms with Gasteiger partial charge in [-0.1, -0.05) is 36.9 Å². The summed E-state index contributed by atoms with van der Waals surface area (Å²) >= 11 is 0. The largest absolute Gasteiger partial charge is 0.460 e. The van der Waals surface area contributed by atoms with E-state index >= 15 is 0 Å². The minimum atomic E-state index is -0.326. The molecule has 1 amide bonds. The molecule has 0 saturated heterocycles. The molecule has 28 heavy (non-hydrogen) atoms. The summed E-state index contributed by atoms with van der Waals surface area (Å²) in [5.41, 5.74) is 2.11. The number of nitrogens with zero attached hydrogens (tertiary/aromatic N) is 1. The second-order valence-electron chi connectivity index (χ2n) is 7.47. The molecule has 146 valence electrons. The monoisotopic (exact) mass is 378 g/mol. The van der Waals surface area contributed by atoms with E-state index in [1.165, 1.54) is 0 Å². The van der Waals surface area contributed by atoms with E-state index in [1.54, 1.807) is 6.07 Å². The van der Waals surface area contributed by atoms with Crippen molar-refractivity contribution in [2.24, 2.45) is 0 Å². The van der Waals surface area contributed by atoms with Gasteiger partial charge in [-0.3, -0.25) is 4.79 Å². The van der Waals surface area contributed by atoms with Crippen LogP contribution in [0.3, 0.4) is 0 Å². The molecule has 1 atom stereocenters. The molecule has 3 rings (SSSR count). The zero-order valence-electron chi connectivity index (χ0n) is 16.1. The number of amides is 1. The summed E-state index contributed by atoms with van der Waals surface area (Å²) in [4.78, 5) is 13.0. The molecule has 1 unspecified atom stereocenters. The van der Waals surface area contributed by atoms with E-state index in [9.17, 15) is 15.2 Å². The van der Waals surface area contributed by atoms with Gasteiger partial charge in [-0.15, -0.1) is 0 Å². The summed E-state index contributed by atoms with van der Waals surface area (Å²) in [6.45, 7) is 5.75. The van der Waals surface area contributed by atoms with Crippen molar-refractivity contribution >= 4 is 11.5 Å². The summed E-state index contributed by atoms with van der Waals surface area (Å²) in [6, 6.07) is 13.6. The SMILES string of the molecule is C=C(C)c1cc(C(=O)NC2CCC(O)CC2)c(C(CC#N)c2ccccc2)o1. The normalized spacial score (nSPS) is 20.2. The molecule has 1 fully saturated rings. The lowest BCUT2D eigenvalue weighted by Crippen LogP contribution is -2.38. The van der Waals surface area contributed by atoms with E-state index in [2.05, 4.69) is 18.0 Å². The summed E-state index contributed by atoms with van der Waals surface area (Å²) in [5.74, 6) is 0.525. The maximum absolute atomic E-state index is 13.0. The van der Waals surface area contributed by atoms with Crippen LogP contribution in [0.5, 0.6) is 0 Å². The Morgan fingerprint density at radius 2 is 2.00 bits per heavy atom. The fraction of sp³-hybridized carbons (Fsp3) is 0.391. The third kappa shape index (κ3) is 4.52. The van der Waals surface area contributed by atoms with Crippen molar-refractivity contribution in [3.05, 3.63) is 65.6 Å². The van der Waals surface area contributed by atoms with Crippen LogP contribution < -0.4 is 5.32 Å². The van der Waals surface area contributed by atoms with Gasteiger partial charge in [0.25, 0.3) is 5.91 Å². The van der Waals surface area contributed by atoms with Crippen molar-refractivity contribution in [3.8, 4) is 6.07 Å². The maximum atomic E-state index is 13.0. The number of hydrogen-bond acceptors (Lipinski definition) is 4. The summed E-state index contributed by atoms with van der Waals surface area (Å²) < 4.78 is 6.02. The second kappa shape index (κ2) is 8.90. The Labute approximate surface area is 165 Å². The van der Waals surface area contributed by atoms with Gasteiger partial charge < -0.3 is 14.8 Å². The van der Waals surface area contributed by atoms with Crippen molar-refractivity contribution in [2.75, 3.05) is 0 Å². The highest BCUT2D eigenvalue weighted by molar-refractivity contribution is 5.96. The third-order valence-corrected chi connectivity index (χ3v) is 5.27. The Morgan fingerprint density at radius 3 is 2.61 bits per heavy atom. The predicted octanol–water partition coefficient (Wildman–Crippen LogP) is 4.39. The number of rotatable bonds is 6. The van der Waals surface area contributed by atoms with E-state index in [4.69, 9.17) is 4.42 Å². The Morgan fingerprint density at radius 1 is 1.32 bits per heavy atom. The van der Waals surface area contributed by atoms with Crippen molar-refractivity contribution in [2.45, 2.75) is 57.1 Å². The van der Waals surface area contributed by atoms with Crippen LogP contribution in [0, 0.1) is 11.3 Å². The number of nitriles is 1. The number of benzene rings is 1. The van der Waals surface area contributed by atoms with Crippen molar-refractivity contribution in [1.29, 1.82) is 5.26 Å². The van der Waals surface area contributed by atoms with E-state index in [0.717, 1.165) is 24.0 Å². The highest BCUT2D eigenvalue weighted by Crippen LogP contribution is 2.34. The molecular formula is C23H26N2O3. The summed E-state index contributed by atoms with van der Waals surface area (Å²) in [7, 11) is 0. The van der Waals surface area contributed by atoms with Gasteiger partial charge >= 0.3 is 0 Å². The van der Waals surface area contributed by atoms with Gasteiger partial charge in [0.1, 0.15) is 11.5 Å².